The second kappa shape index (κ2) is 4.61. The maximum absolute atomic E-state index is 11.6. The molecule has 0 saturated carbocycles. The molecule has 0 fully saturated rings. The average molecular weight is 268 g/mol. The minimum absolute atomic E-state index is 0.217. The van der Waals surface area contributed by atoms with Crippen LogP contribution in [0.25, 0.3) is 11.2 Å². The van der Waals surface area contributed by atoms with E-state index in [-0.39, 0.29) is 5.56 Å². The lowest BCUT2D eigenvalue weighted by molar-refractivity contribution is 0.870. The minimum atomic E-state index is -0.217. The first-order chi connectivity index (χ1) is 9.63. The van der Waals surface area contributed by atoms with E-state index >= 15 is 0 Å². The molecule has 2 heterocycles. The van der Waals surface area contributed by atoms with E-state index in [1.54, 1.807) is 25.4 Å². The summed E-state index contributed by atoms with van der Waals surface area (Å²) in [5.41, 5.74) is 7.95. The van der Waals surface area contributed by atoms with Crippen LogP contribution in [0.4, 0.5) is 17.3 Å². The van der Waals surface area contributed by atoms with Gasteiger partial charge in [0.05, 0.1) is 12.4 Å². The maximum atomic E-state index is 11.6. The number of nitrogens with zero attached hydrogens (tertiary/aromatic N) is 4. The van der Waals surface area contributed by atoms with Crippen LogP contribution >= 0.6 is 0 Å². The molecule has 100 valence electrons. The van der Waals surface area contributed by atoms with Crippen LogP contribution in [0.5, 0.6) is 0 Å². The van der Waals surface area contributed by atoms with Crippen LogP contribution in [0.2, 0.25) is 0 Å². The van der Waals surface area contributed by atoms with Crippen LogP contribution in [-0.2, 0) is 7.05 Å². The van der Waals surface area contributed by atoms with E-state index < -0.39 is 0 Å². The summed E-state index contributed by atoms with van der Waals surface area (Å²) in [4.78, 5) is 24.0. The number of rotatable bonds is 2. The summed E-state index contributed by atoms with van der Waals surface area (Å²) in [6, 6.07) is 7.25. The zero-order chi connectivity index (χ0) is 14.1. The van der Waals surface area contributed by atoms with Gasteiger partial charge >= 0.3 is 0 Å². The fourth-order valence-corrected chi connectivity index (χ4v) is 1.83. The average Bonchev–Trinajstić information content (AvgIpc) is 2.43. The SMILES string of the molecule is Cn1c(=O)cnc2cnc(Nc3cccc(N)c3)nc21. The van der Waals surface area contributed by atoms with Crippen molar-refractivity contribution in [3.63, 3.8) is 0 Å². The summed E-state index contributed by atoms with van der Waals surface area (Å²) in [6.45, 7) is 0. The third kappa shape index (κ3) is 2.16. The Morgan fingerprint density at radius 3 is 2.90 bits per heavy atom. The van der Waals surface area contributed by atoms with Crippen molar-refractivity contribution < 1.29 is 0 Å². The lowest BCUT2D eigenvalue weighted by Gasteiger charge is -2.07. The highest BCUT2D eigenvalue weighted by molar-refractivity contribution is 5.71. The number of hydrogen-bond donors (Lipinski definition) is 2. The Bertz CT molecular complexity index is 842. The number of anilines is 3. The monoisotopic (exact) mass is 268 g/mol. The zero-order valence-electron chi connectivity index (χ0n) is 10.7. The molecular weight excluding hydrogens is 256 g/mol. The summed E-state index contributed by atoms with van der Waals surface area (Å²) in [5.74, 6) is 0.381. The third-order valence-electron chi connectivity index (χ3n) is 2.86. The molecule has 3 N–H and O–H groups in total. The largest absolute Gasteiger partial charge is 0.399 e. The van der Waals surface area contributed by atoms with E-state index in [4.69, 9.17) is 5.73 Å². The van der Waals surface area contributed by atoms with Gasteiger partial charge in [-0.05, 0) is 18.2 Å². The van der Waals surface area contributed by atoms with E-state index in [1.807, 2.05) is 12.1 Å². The lowest BCUT2D eigenvalue weighted by Crippen LogP contribution is -2.18. The molecule has 0 radical (unpaired) electrons. The van der Waals surface area contributed by atoms with Gasteiger partial charge in [0.25, 0.3) is 5.56 Å². The molecule has 0 aliphatic heterocycles. The minimum Gasteiger partial charge on any atom is -0.399 e. The van der Waals surface area contributed by atoms with Gasteiger partial charge in [0.2, 0.25) is 5.95 Å². The number of aryl methyl sites for hydroxylation is 1. The molecule has 3 rings (SSSR count). The molecular formula is C13H12N6O. The Balaban J connectivity index is 2.05. The predicted octanol–water partition coefficient (Wildman–Crippen LogP) is 1.05. The first-order valence-electron chi connectivity index (χ1n) is 5.95. The van der Waals surface area contributed by atoms with Crippen molar-refractivity contribution in [2.24, 2.45) is 7.05 Å². The first kappa shape index (κ1) is 12.1. The Kier molecular flexibility index (Phi) is 2.79. The lowest BCUT2D eigenvalue weighted by atomic mass is 10.3. The van der Waals surface area contributed by atoms with E-state index in [1.165, 1.54) is 10.8 Å². The summed E-state index contributed by atoms with van der Waals surface area (Å²) in [5, 5.41) is 3.04. The normalized spacial score (nSPS) is 10.7. The molecule has 0 unspecified atom stereocenters. The Morgan fingerprint density at radius 2 is 2.10 bits per heavy atom. The molecule has 2 aromatic heterocycles. The van der Waals surface area contributed by atoms with Crippen molar-refractivity contribution in [3.8, 4) is 0 Å². The molecule has 3 aromatic rings. The Labute approximate surface area is 114 Å². The number of aromatic nitrogens is 4. The fourth-order valence-electron chi connectivity index (χ4n) is 1.83. The van der Waals surface area contributed by atoms with E-state index in [0.29, 0.717) is 22.8 Å². The molecule has 0 saturated heterocycles. The van der Waals surface area contributed by atoms with Gasteiger partial charge < -0.3 is 11.1 Å². The molecule has 0 aliphatic rings. The molecule has 0 aliphatic carbocycles. The van der Waals surface area contributed by atoms with Gasteiger partial charge in [0, 0.05) is 18.4 Å². The van der Waals surface area contributed by atoms with Crippen molar-refractivity contribution >= 4 is 28.5 Å². The van der Waals surface area contributed by atoms with Gasteiger partial charge in [-0.15, -0.1) is 0 Å². The van der Waals surface area contributed by atoms with Gasteiger partial charge in [-0.25, -0.2) is 9.97 Å². The quantitative estimate of drug-likeness (QED) is 0.674. The number of nitrogen functional groups attached to an aromatic ring is 1. The van der Waals surface area contributed by atoms with Crippen molar-refractivity contribution in [1.29, 1.82) is 0 Å². The highest BCUT2D eigenvalue weighted by atomic mass is 16.1. The van der Waals surface area contributed by atoms with E-state index in [2.05, 4.69) is 20.3 Å². The second-order valence-electron chi connectivity index (χ2n) is 4.31. The molecule has 0 spiro atoms. The fraction of sp³-hybridized carbons (Fsp3) is 0.0769. The summed E-state index contributed by atoms with van der Waals surface area (Å²) in [7, 11) is 1.64. The molecule has 7 nitrogen and oxygen atoms in total. The first-order valence-corrected chi connectivity index (χ1v) is 5.95. The molecule has 0 amide bonds. The topological polar surface area (TPSA) is 98.7 Å². The molecule has 0 bridgehead atoms. The Hall–Kier alpha value is -2.96. The maximum Gasteiger partial charge on any atom is 0.270 e. The zero-order valence-corrected chi connectivity index (χ0v) is 10.7. The van der Waals surface area contributed by atoms with Crippen LogP contribution in [0, 0.1) is 0 Å². The number of hydrogen-bond acceptors (Lipinski definition) is 6. The van der Waals surface area contributed by atoms with Crippen molar-refractivity contribution in [1.82, 2.24) is 19.5 Å². The van der Waals surface area contributed by atoms with Crippen LogP contribution in [0.3, 0.4) is 0 Å². The third-order valence-corrected chi connectivity index (χ3v) is 2.86. The summed E-state index contributed by atoms with van der Waals surface area (Å²) in [6.07, 6.45) is 2.81. The highest BCUT2D eigenvalue weighted by Gasteiger charge is 2.05. The summed E-state index contributed by atoms with van der Waals surface area (Å²) >= 11 is 0. The van der Waals surface area contributed by atoms with Gasteiger partial charge in [-0.2, -0.15) is 4.98 Å². The van der Waals surface area contributed by atoms with Crippen molar-refractivity contribution in [2.45, 2.75) is 0 Å². The van der Waals surface area contributed by atoms with Crippen LogP contribution in [0.1, 0.15) is 0 Å². The van der Waals surface area contributed by atoms with Crippen molar-refractivity contribution in [3.05, 3.63) is 47.0 Å². The number of benzene rings is 1. The number of nitrogens with two attached hydrogens (primary N) is 1. The second-order valence-corrected chi connectivity index (χ2v) is 4.31. The standard InChI is InChI=1S/C13H12N6O/c1-19-11(20)7-15-10-6-16-13(18-12(10)19)17-9-4-2-3-8(14)5-9/h2-7H,14H2,1H3,(H,16,17,18). The smallest absolute Gasteiger partial charge is 0.270 e. The Morgan fingerprint density at radius 1 is 1.25 bits per heavy atom. The predicted molar refractivity (Wildman–Crippen MR) is 76.7 cm³/mol. The molecule has 20 heavy (non-hydrogen) atoms. The molecule has 0 atom stereocenters. The van der Waals surface area contributed by atoms with Crippen LogP contribution < -0.4 is 16.6 Å². The van der Waals surface area contributed by atoms with Gasteiger partial charge in [-0.1, -0.05) is 6.07 Å². The van der Waals surface area contributed by atoms with E-state index in [9.17, 15) is 4.79 Å². The van der Waals surface area contributed by atoms with Gasteiger partial charge in [0.15, 0.2) is 5.65 Å². The van der Waals surface area contributed by atoms with Crippen LogP contribution in [0.15, 0.2) is 41.5 Å². The van der Waals surface area contributed by atoms with Gasteiger partial charge in [-0.3, -0.25) is 9.36 Å². The van der Waals surface area contributed by atoms with E-state index in [0.717, 1.165) is 5.69 Å². The summed E-state index contributed by atoms with van der Waals surface area (Å²) < 4.78 is 1.43. The number of fused-ring (bicyclic) bond motifs is 1. The van der Waals surface area contributed by atoms with Crippen molar-refractivity contribution in [2.75, 3.05) is 11.1 Å². The highest BCUT2D eigenvalue weighted by Crippen LogP contribution is 2.16. The van der Waals surface area contributed by atoms with Gasteiger partial charge in [0.1, 0.15) is 5.52 Å². The van der Waals surface area contributed by atoms with Crippen LogP contribution in [-0.4, -0.2) is 19.5 Å². The number of nitrogens with one attached hydrogen (secondary N) is 1. The molecule has 1 aromatic carbocycles. The molecule has 7 heteroatoms.